The summed E-state index contributed by atoms with van der Waals surface area (Å²) in [7, 11) is 0. The van der Waals surface area contributed by atoms with E-state index in [2.05, 4.69) is 21.2 Å². The van der Waals surface area contributed by atoms with Crippen LogP contribution >= 0.6 is 38.9 Å². The van der Waals surface area contributed by atoms with Crippen LogP contribution in [0.3, 0.4) is 0 Å². The summed E-state index contributed by atoms with van der Waals surface area (Å²) >= 11 is 10.5. The van der Waals surface area contributed by atoms with E-state index in [9.17, 15) is 4.79 Å². The van der Waals surface area contributed by atoms with Crippen molar-refractivity contribution in [1.82, 2.24) is 5.32 Å². The van der Waals surface area contributed by atoms with Gasteiger partial charge >= 0.3 is 0 Å². The second-order valence-electron chi connectivity index (χ2n) is 4.08. The molecule has 0 fully saturated rings. The molecule has 0 saturated carbocycles. The van der Waals surface area contributed by atoms with E-state index in [1.54, 1.807) is 0 Å². The maximum Gasteiger partial charge on any atom is 0.262 e. The third-order valence-electron chi connectivity index (χ3n) is 1.91. The molecule has 84 valence electrons. The first-order chi connectivity index (χ1) is 6.96. The smallest absolute Gasteiger partial charge is 0.262 e. The van der Waals surface area contributed by atoms with Crippen LogP contribution in [0.15, 0.2) is 15.9 Å². The van der Waals surface area contributed by atoms with Crippen molar-refractivity contribution in [2.45, 2.75) is 13.8 Å². The van der Waals surface area contributed by atoms with Gasteiger partial charge in [0.2, 0.25) is 0 Å². The Balaban J connectivity index is 2.55. The van der Waals surface area contributed by atoms with E-state index in [1.807, 2.05) is 25.3 Å². The average molecular weight is 311 g/mol. The van der Waals surface area contributed by atoms with Gasteiger partial charge in [0.15, 0.2) is 0 Å². The van der Waals surface area contributed by atoms with Crippen LogP contribution in [0.4, 0.5) is 0 Å². The Morgan fingerprint density at radius 1 is 1.67 bits per heavy atom. The molecule has 0 bridgehead atoms. The molecule has 1 N–H and O–H groups in total. The second-order valence-corrected chi connectivity index (χ2v) is 6.12. The maximum atomic E-state index is 11.7. The van der Waals surface area contributed by atoms with E-state index in [1.165, 1.54) is 11.3 Å². The van der Waals surface area contributed by atoms with Gasteiger partial charge in [0.25, 0.3) is 5.91 Å². The number of hydrogen-bond acceptors (Lipinski definition) is 2. The number of carbonyl (C=O) groups excluding carboxylic acids is 1. The highest BCUT2D eigenvalue weighted by molar-refractivity contribution is 9.10. The summed E-state index contributed by atoms with van der Waals surface area (Å²) in [5, 5.41) is 4.75. The molecule has 0 atom stereocenters. The Morgan fingerprint density at radius 3 is 2.80 bits per heavy atom. The third kappa shape index (κ3) is 3.78. The van der Waals surface area contributed by atoms with Crippen molar-refractivity contribution in [1.29, 1.82) is 0 Å². The molecule has 1 amide bonds. The monoisotopic (exact) mass is 309 g/mol. The predicted molar refractivity (Wildman–Crippen MR) is 68.9 cm³/mol. The van der Waals surface area contributed by atoms with Crippen molar-refractivity contribution in [2.75, 3.05) is 12.4 Å². The summed E-state index contributed by atoms with van der Waals surface area (Å²) in [4.78, 5) is 12.4. The average Bonchev–Trinajstić information content (AvgIpc) is 2.61. The van der Waals surface area contributed by atoms with Gasteiger partial charge in [-0.1, -0.05) is 13.8 Å². The quantitative estimate of drug-likeness (QED) is 0.847. The van der Waals surface area contributed by atoms with Gasteiger partial charge in [-0.05, 0) is 32.8 Å². The topological polar surface area (TPSA) is 29.1 Å². The minimum absolute atomic E-state index is 0.0462. The SMILES string of the molecule is CC(C)(CCl)CNC(=O)c1sccc1Br. The lowest BCUT2D eigenvalue weighted by atomic mass is 9.96. The number of rotatable bonds is 4. The van der Waals surface area contributed by atoms with E-state index < -0.39 is 0 Å². The Labute approximate surface area is 107 Å². The summed E-state index contributed by atoms with van der Waals surface area (Å²) in [6, 6.07) is 1.87. The molecule has 0 aliphatic rings. The predicted octanol–water partition coefficient (Wildman–Crippen LogP) is 3.51. The number of alkyl halides is 1. The molecule has 1 rings (SSSR count). The highest BCUT2D eigenvalue weighted by atomic mass is 79.9. The maximum absolute atomic E-state index is 11.7. The minimum atomic E-state index is -0.0685. The summed E-state index contributed by atoms with van der Waals surface area (Å²) in [5.41, 5.74) is -0.0685. The van der Waals surface area contributed by atoms with Crippen LogP contribution in [0.1, 0.15) is 23.5 Å². The summed E-state index contributed by atoms with van der Waals surface area (Å²) < 4.78 is 0.841. The van der Waals surface area contributed by atoms with Gasteiger partial charge < -0.3 is 5.32 Å². The number of thiophene rings is 1. The number of carbonyl (C=O) groups is 1. The van der Waals surface area contributed by atoms with Crippen LogP contribution in [0.25, 0.3) is 0 Å². The molecule has 1 heterocycles. The van der Waals surface area contributed by atoms with Crippen molar-refractivity contribution in [3.63, 3.8) is 0 Å². The number of amides is 1. The molecule has 1 aromatic heterocycles. The summed E-state index contributed by atoms with van der Waals surface area (Å²) in [5.74, 6) is 0.480. The third-order valence-corrected chi connectivity index (χ3v) is 4.47. The van der Waals surface area contributed by atoms with Gasteiger partial charge in [0.1, 0.15) is 4.88 Å². The van der Waals surface area contributed by atoms with Crippen molar-refractivity contribution < 1.29 is 4.79 Å². The van der Waals surface area contributed by atoms with Crippen LogP contribution in [-0.4, -0.2) is 18.3 Å². The number of nitrogens with one attached hydrogen (secondary N) is 1. The molecule has 0 radical (unpaired) electrons. The zero-order chi connectivity index (χ0) is 11.5. The van der Waals surface area contributed by atoms with Gasteiger partial charge in [0.05, 0.1) is 0 Å². The van der Waals surface area contributed by atoms with Crippen molar-refractivity contribution in [2.24, 2.45) is 5.41 Å². The Bertz CT molecular complexity index is 351. The van der Waals surface area contributed by atoms with Crippen LogP contribution in [-0.2, 0) is 0 Å². The molecule has 0 saturated heterocycles. The van der Waals surface area contributed by atoms with Crippen LogP contribution < -0.4 is 5.32 Å². The fourth-order valence-electron chi connectivity index (χ4n) is 0.903. The first kappa shape index (κ1) is 13.0. The Morgan fingerprint density at radius 2 is 2.33 bits per heavy atom. The largest absolute Gasteiger partial charge is 0.351 e. The first-order valence-electron chi connectivity index (χ1n) is 4.53. The molecule has 0 aliphatic heterocycles. The van der Waals surface area contributed by atoms with E-state index in [0.29, 0.717) is 17.3 Å². The fourth-order valence-corrected chi connectivity index (χ4v) is 2.46. The first-order valence-corrected chi connectivity index (χ1v) is 6.74. The molecular formula is C10H13BrClNOS. The summed E-state index contributed by atoms with van der Waals surface area (Å²) in [6.07, 6.45) is 0. The van der Waals surface area contributed by atoms with Crippen LogP contribution in [0.5, 0.6) is 0 Å². The van der Waals surface area contributed by atoms with Gasteiger partial charge in [-0.3, -0.25) is 4.79 Å². The van der Waals surface area contributed by atoms with Gasteiger partial charge in [0, 0.05) is 16.9 Å². The Kier molecular flexibility index (Phi) is 4.62. The zero-order valence-corrected chi connectivity index (χ0v) is 11.8. The second kappa shape index (κ2) is 5.32. The molecule has 2 nitrogen and oxygen atoms in total. The minimum Gasteiger partial charge on any atom is -0.351 e. The van der Waals surface area contributed by atoms with Crippen LogP contribution in [0, 0.1) is 5.41 Å². The Hall–Kier alpha value is -0.0600. The zero-order valence-electron chi connectivity index (χ0n) is 8.64. The molecule has 0 aliphatic carbocycles. The standard InChI is InChI=1S/C10H13BrClNOS/c1-10(2,5-12)6-13-9(14)8-7(11)3-4-15-8/h3-4H,5-6H2,1-2H3,(H,13,14). The van der Waals surface area contributed by atoms with E-state index in [0.717, 1.165) is 4.47 Å². The molecule has 1 aromatic rings. The molecule has 0 aromatic carbocycles. The van der Waals surface area contributed by atoms with Crippen molar-refractivity contribution in [3.05, 3.63) is 20.8 Å². The number of hydrogen-bond donors (Lipinski definition) is 1. The lowest BCUT2D eigenvalue weighted by Gasteiger charge is -2.21. The highest BCUT2D eigenvalue weighted by Crippen LogP contribution is 2.23. The fraction of sp³-hybridized carbons (Fsp3) is 0.500. The van der Waals surface area contributed by atoms with Gasteiger partial charge in [-0.2, -0.15) is 0 Å². The summed E-state index contributed by atoms with van der Waals surface area (Å²) in [6.45, 7) is 4.62. The van der Waals surface area contributed by atoms with Gasteiger partial charge in [-0.15, -0.1) is 22.9 Å². The van der Waals surface area contributed by atoms with Crippen LogP contribution in [0.2, 0.25) is 0 Å². The normalized spacial score (nSPS) is 11.5. The van der Waals surface area contributed by atoms with Crippen molar-refractivity contribution in [3.8, 4) is 0 Å². The molecule has 0 unspecified atom stereocenters. The molecule has 5 heteroatoms. The molecule has 0 spiro atoms. The molecule has 15 heavy (non-hydrogen) atoms. The van der Waals surface area contributed by atoms with Gasteiger partial charge in [-0.25, -0.2) is 0 Å². The lowest BCUT2D eigenvalue weighted by Crippen LogP contribution is -2.34. The van der Waals surface area contributed by atoms with E-state index in [4.69, 9.17) is 11.6 Å². The van der Waals surface area contributed by atoms with Crippen molar-refractivity contribution >= 4 is 44.8 Å². The van der Waals surface area contributed by atoms with E-state index in [-0.39, 0.29) is 11.3 Å². The van der Waals surface area contributed by atoms with E-state index >= 15 is 0 Å². The molecular weight excluding hydrogens is 298 g/mol. The lowest BCUT2D eigenvalue weighted by molar-refractivity contribution is 0.0943. The number of halogens is 2. The highest BCUT2D eigenvalue weighted by Gasteiger charge is 2.19.